The van der Waals surface area contributed by atoms with Gasteiger partial charge in [0, 0.05) is 56.4 Å². The Morgan fingerprint density at radius 2 is 1.88 bits per heavy atom. The van der Waals surface area contributed by atoms with Crippen LogP contribution < -0.4 is 16.2 Å². The molecule has 0 aromatic carbocycles. The Kier molecular flexibility index (Phi) is 6.44. The minimum absolute atomic E-state index is 0.0279. The van der Waals surface area contributed by atoms with Crippen LogP contribution in [0, 0.1) is 5.92 Å². The Balaban J connectivity index is 1.39. The van der Waals surface area contributed by atoms with E-state index in [0.717, 1.165) is 25.7 Å². The van der Waals surface area contributed by atoms with Crippen molar-refractivity contribution in [1.82, 2.24) is 15.2 Å². The van der Waals surface area contributed by atoms with Gasteiger partial charge in [0.1, 0.15) is 0 Å². The van der Waals surface area contributed by atoms with Crippen molar-refractivity contribution < 1.29 is 14.3 Å². The monoisotopic (exact) mass is 361 g/mol. The van der Waals surface area contributed by atoms with Crippen molar-refractivity contribution in [1.29, 1.82) is 0 Å². The number of amides is 2. The summed E-state index contributed by atoms with van der Waals surface area (Å²) in [5.74, 6) is 0.000569. The molecule has 2 N–H and O–H groups in total. The summed E-state index contributed by atoms with van der Waals surface area (Å²) in [6.07, 6.45) is 6.00. The van der Waals surface area contributed by atoms with Gasteiger partial charge in [0.2, 0.25) is 11.8 Å². The van der Waals surface area contributed by atoms with Gasteiger partial charge in [-0.2, -0.15) is 0 Å². The summed E-state index contributed by atoms with van der Waals surface area (Å²) in [5.41, 5.74) is -0.106. The Labute approximate surface area is 153 Å². The highest BCUT2D eigenvalue weighted by Crippen LogP contribution is 2.26. The molecule has 1 saturated heterocycles. The quantitative estimate of drug-likeness (QED) is 0.785. The molecule has 2 atom stereocenters. The second kappa shape index (κ2) is 8.98. The van der Waals surface area contributed by atoms with Gasteiger partial charge in [-0.3, -0.25) is 14.4 Å². The zero-order chi connectivity index (χ0) is 18.4. The number of carbonyl (C=O) groups is 2. The molecule has 3 rings (SSSR count). The zero-order valence-electron chi connectivity index (χ0n) is 15.0. The van der Waals surface area contributed by atoms with Gasteiger partial charge in [0.05, 0.1) is 0 Å². The topological polar surface area (TPSA) is 89.4 Å². The van der Waals surface area contributed by atoms with Crippen LogP contribution in [0.4, 0.5) is 0 Å². The summed E-state index contributed by atoms with van der Waals surface area (Å²) in [4.78, 5) is 36.2. The molecule has 7 nitrogen and oxygen atoms in total. The van der Waals surface area contributed by atoms with E-state index in [1.54, 1.807) is 18.3 Å². The highest BCUT2D eigenvalue weighted by Gasteiger charge is 2.31. The predicted molar refractivity (Wildman–Crippen MR) is 96.6 cm³/mol. The first-order chi connectivity index (χ1) is 12.6. The van der Waals surface area contributed by atoms with Crippen molar-refractivity contribution in [2.24, 2.45) is 5.92 Å². The minimum Gasteiger partial charge on any atom is -0.381 e. The van der Waals surface area contributed by atoms with Crippen LogP contribution in [0.15, 0.2) is 29.2 Å². The highest BCUT2D eigenvalue weighted by molar-refractivity contribution is 5.80. The lowest BCUT2D eigenvalue weighted by Gasteiger charge is -2.24. The van der Waals surface area contributed by atoms with Gasteiger partial charge < -0.3 is 19.9 Å². The van der Waals surface area contributed by atoms with E-state index < -0.39 is 0 Å². The molecule has 142 valence electrons. The van der Waals surface area contributed by atoms with Gasteiger partial charge in [-0.1, -0.05) is 6.07 Å². The van der Waals surface area contributed by atoms with Crippen LogP contribution in [-0.4, -0.2) is 41.7 Å². The molecule has 0 radical (unpaired) electrons. The number of hydrogen-bond acceptors (Lipinski definition) is 4. The molecule has 2 amide bonds. The largest absolute Gasteiger partial charge is 0.381 e. The second-order valence-corrected chi connectivity index (χ2v) is 7.15. The SMILES string of the molecule is O=C(CCn1ccccc1=O)N[C@@H]1CC[C@H](C(=O)NC2CCOCC2)C1. The number of aromatic nitrogens is 1. The standard InChI is InChI=1S/C19H27N3O4/c23-17(6-10-22-9-2-1-3-18(22)24)20-16-5-4-14(13-16)19(25)21-15-7-11-26-12-8-15/h1-3,9,14-16H,4-8,10-13H2,(H,20,23)(H,21,25)/t14-,16+/m0/s1. The van der Waals surface area contributed by atoms with E-state index in [-0.39, 0.29) is 41.8 Å². The van der Waals surface area contributed by atoms with Gasteiger partial charge in [-0.15, -0.1) is 0 Å². The third kappa shape index (κ3) is 5.17. The van der Waals surface area contributed by atoms with Crippen LogP contribution >= 0.6 is 0 Å². The number of carbonyl (C=O) groups excluding carboxylic acids is 2. The molecule has 1 aliphatic carbocycles. The summed E-state index contributed by atoms with van der Waals surface area (Å²) in [7, 11) is 0. The fourth-order valence-electron chi connectivity index (χ4n) is 3.68. The maximum absolute atomic E-state index is 12.4. The second-order valence-electron chi connectivity index (χ2n) is 7.15. The molecule has 0 spiro atoms. The zero-order valence-corrected chi connectivity index (χ0v) is 15.0. The maximum atomic E-state index is 12.4. The van der Waals surface area contributed by atoms with Crippen molar-refractivity contribution in [3.05, 3.63) is 34.7 Å². The third-order valence-corrected chi connectivity index (χ3v) is 5.21. The van der Waals surface area contributed by atoms with E-state index >= 15 is 0 Å². The van der Waals surface area contributed by atoms with Crippen molar-refractivity contribution >= 4 is 11.8 Å². The van der Waals surface area contributed by atoms with Crippen LogP contribution in [0.1, 0.15) is 38.5 Å². The first-order valence-electron chi connectivity index (χ1n) is 9.45. The van der Waals surface area contributed by atoms with E-state index in [9.17, 15) is 14.4 Å². The first kappa shape index (κ1) is 18.6. The van der Waals surface area contributed by atoms with E-state index in [1.165, 1.54) is 10.6 Å². The van der Waals surface area contributed by atoms with Gasteiger partial charge in [0.15, 0.2) is 0 Å². The summed E-state index contributed by atoms with van der Waals surface area (Å²) >= 11 is 0. The van der Waals surface area contributed by atoms with E-state index in [1.807, 2.05) is 0 Å². The smallest absolute Gasteiger partial charge is 0.250 e. The van der Waals surface area contributed by atoms with Gasteiger partial charge in [0.25, 0.3) is 5.56 Å². The first-order valence-corrected chi connectivity index (χ1v) is 9.45. The Morgan fingerprint density at radius 1 is 1.08 bits per heavy atom. The summed E-state index contributed by atoms with van der Waals surface area (Å²) < 4.78 is 6.84. The molecule has 2 fully saturated rings. The molecule has 1 aromatic rings. The molecule has 1 saturated carbocycles. The molecule has 7 heteroatoms. The van der Waals surface area contributed by atoms with Gasteiger partial charge in [-0.05, 0) is 38.2 Å². The normalized spacial score (nSPS) is 23.5. The van der Waals surface area contributed by atoms with Crippen molar-refractivity contribution in [2.45, 2.75) is 57.2 Å². The molecular weight excluding hydrogens is 334 g/mol. The number of pyridine rings is 1. The Bertz CT molecular complexity index is 681. The highest BCUT2D eigenvalue weighted by atomic mass is 16.5. The van der Waals surface area contributed by atoms with E-state index in [0.29, 0.717) is 26.2 Å². The number of rotatable bonds is 6. The average Bonchev–Trinajstić information content (AvgIpc) is 3.10. The lowest BCUT2D eigenvalue weighted by Crippen LogP contribution is -2.42. The van der Waals surface area contributed by atoms with Gasteiger partial charge >= 0.3 is 0 Å². The van der Waals surface area contributed by atoms with Crippen LogP contribution in [0.2, 0.25) is 0 Å². The minimum atomic E-state index is -0.106. The fraction of sp³-hybridized carbons (Fsp3) is 0.632. The number of nitrogens with one attached hydrogen (secondary N) is 2. The Hall–Kier alpha value is -2.15. The van der Waals surface area contributed by atoms with Gasteiger partial charge in [-0.25, -0.2) is 0 Å². The maximum Gasteiger partial charge on any atom is 0.250 e. The average molecular weight is 361 g/mol. The number of hydrogen-bond donors (Lipinski definition) is 2. The molecule has 1 aromatic heterocycles. The third-order valence-electron chi connectivity index (χ3n) is 5.21. The molecule has 1 aliphatic heterocycles. The van der Waals surface area contributed by atoms with Crippen molar-refractivity contribution in [3.63, 3.8) is 0 Å². The van der Waals surface area contributed by atoms with E-state index in [4.69, 9.17) is 4.74 Å². The molecule has 0 bridgehead atoms. The van der Waals surface area contributed by atoms with Crippen LogP contribution in [0.3, 0.4) is 0 Å². The molecular formula is C19H27N3O4. The number of aryl methyl sites for hydroxylation is 1. The van der Waals surface area contributed by atoms with E-state index in [2.05, 4.69) is 10.6 Å². The lowest BCUT2D eigenvalue weighted by atomic mass is 10.0. The van der Waals surface area contributed by atoms with Crippen molar-refractivity contribution in [2.75, 3.05) is 13.2 Å². The molecule has 26 heavy (non-hydrogen) atoms. The van der Waals surface area contributed by atoms with Crippen molar-refractivity contribution in [3.8, 4) is 0 Å². The predicted octanol–water partition coefficient (Wildman–Crippen LogP) is 0.819. The Morgan fingerprint density at radius 3 is 2.65 bits per heavy atom. The van der Waals surface area contributed by atoms with Crippen LogP contribution in [0.5, 0.6) is 0 Å². The van der Waals surface area contributed by atoms with Crippen LogP contribution in [0.25, 0.3) is 0 Å². The molecule has 2 heterocycles. The summed E-state index contributed by atoms with van der Waals surface area (Å²) in [6.45, 7) is 1.78. The summed E-state index contributed by atoms with van der Waals surface area (Å²) in [6, 6.07) is 5.20. The number of ether oxygens (including phenoxy) is 1. The lowest BCUT2D eigenvalue weighted by molar-refractivity contribution is -0.126. The number of nitrogens with zero attached hydrogens (tertiary/aromatic N) is 1. The summed E-state index contributed by atoms with van der Waals surface area (Å²) in [5, 5.41) is 6.12. The molecule has 2 aliphatic rings. The van der Waals surface area contributed by atoms with Crippen LogP contribution in [-0.2, 0) is 20.9 Å². The fourth-order valence-corrected chi connectivity index (χ4v) is 3.68. The molecule has 0 unspecified atom stereocenters.